The van der Waals surface area contributed by atoms with Crippen LogP contribution in [0, 0.1) is 0 Å². The van der Waals surface area contributed by atoms with E-state index in [1.807, 2.05) is 35.2 Å². The van der Waals surface area contributed by atoms with Crippen molar-refractivity contribution in [2.45, 2.75) is 44.7 Å². The van der Waals surface area contributed by atoms with Crippen molar-refractivity contribution in [3.05, 3.63) is 65.2 Å². The quantitative estimate of drug-likeness (QED) is 0.625. The van der Waals surface area contributed by atoms with E-state index in [2.05, 4.69) is 5.32 Å². The molecule has 4 amide bonds. The highest BCUT2D eigenvalue weighted by Gasteiger charge is 2.41. The fraction of sp³-hybridized carbons (Fsp3) is 0.407. The Hall–Kier alpha value is -3.68. The summed E-state index contributed by atoms with van der Waals surface area (Å²) in [5.41, 5.74) is 2.62. The number of likely N-dealkylation sites (tertiary alicyclic amines) is 1. The van der Waals surface area contributed by atoms with Crippen LogP contribution in [-0.4, -0.2) is 65.6 Å². The fourth-order valence-corrected chi connectivity index (χ4v) is 5.23. The zero-order chi connectivity index (χ0) is 24.4. The first-order valence-electron chi connectivity index (χ1n) is 12.4. The van der Waals surface area contributed by atoms with Crippen LogP contribution >= 0.6 is 0 Å². The molecule has 1 N–H and O–H groups in total. The molecule has 2 aromatic carbocycles. The Labute approximate surface area is 204 Å². The molecule has 8 heteroatoms. The van der Waals surface area contributed by atoms with Crippen molar-refractivity contribution in [3.63, 3.8) is 0 Å². The topological polar surface area (TPSA) is 90.0 Å². The highest BCUT2D eigenvalue weighted by atomic mass is 16.2. The lowest BCUT2D eigenvalue weighted by Gasteiger charge is -2.26. The Morgan fingerprint density at radius 3 is 2.54 bits per heavy atom. The molecule has 2 fully saturated rings. The number of benzene rings is 2. The zero-order valence-corrected chi connectivity index (χ0v) is 19.7. The van der Waals surface area contributed by atoms with Gasteiger partial charge in [0, 0.05) is 38.2 Å². The number of carbonyl (C=O) groups is 4. The minimum absolute atomic E-state index is 0.0564. The molecule has 0 saturated carbocycles. The van der Waals surface area contributed by atoms with E-state index in [0.717, 1.165) is 31.4 Å². The van der Waals surface area contributed by atoms with Crippen molar-refractivity contribution in [2.24, 2.45) is 0 Å². The van der Waals surface area contributed by atoms with Crippen molar-refractivity contribution < 1.29 is 19.2 Å². The number of hydrogen-bond acceptors (Lipinski definition) is 4. The Kier molecular flexibility index (Phi) is 6.53. The third-order valence-corrected chi connectivity index (χ3v) is 7.11. The zero-order valence-electron chi connectivity index (χ0n) is 19.7. The molecule has 2 aromatic rings. The van der Waals surface area contributed by atoms with Crippen molar-refractivity contribution in [1.29, 1.82) is 0 Å². The van der Waals surface area contributed by atoms with Gasteiger partial charge in [-0.2, -0.15) is 0 Å². The van der Waals surface area contributed by atoms with Crippen LogP contribution in [-0.2, 0) is 16.1 Å². The summed E-state index contributed by atoms with van der Waals surface area (Å²) in [5.74, 6) is -0.103. The van der Waals surface area contributed by atoms with E-state index in [-0.39, 0.29) is 23.6 Å². The lowest BCUT2D eigenvalue weighted by atomic mass is 10.1. The minimum atomic E-state index is -0.421. The molecule has 0 aliphatic carbocycles. The largest absolute Gasteiger partial charge is 0.352 e. The molecule has 5 rings (SSSR count). The lowest BCUT2D eigenvalue weighted by molar-refractivity contribution is -0.127. The summed E-state index contributed by atoms with van der Waals surface area (Å²) in [7, 11) is 0. The molecule has 0 radical (unpaired) electrons. The molecule has 1 atom stereocenters. The third-order valence-electron chi connectivity index (χ3n) is 7.11. The first kappa shape index (κ1) is 23.1. The maximum Gasteiger partial charge on any atom is 0.256 e. The van der Waals surface area contributed by atoms with Gasteiger partial charge in [-0.1, -0.05) is 24.3 Å². The van der Waals surface area contributed by atoms with Crippen LogP contribution in [0.3, 0.4) is 0 Å². The first-order chi connectivity index (χ1) is 17.0. The van der Waals surface area contributed by atoms with Crippen molar-refractivity contribution in [2.75, 3.05) is 31.1 Å². The molecular formula is C27H30N4O4. The van der Waals surface area contributed by atoms with E-state index in [4.69, 9.17) is 0 Å². The molecule has 3 aliphatic rings. The number of nitrogens with one attached hydrogen (secondary N) is 1. The summed E-state index contributed by atoms with van der Waals surface area (Å²) in [6.45, 7) is 2.93. The van der Waals surface area contributed by atoms with Crippen LogP contribution in [0.5, 0.6) is 0 Å². The second-order valence-electron chi connectivity index (χ2n) is 9.39. The van der Waals surface area contributed by atoms with Crippen LogP contribution in [0.15, 0.2) is 48.5 Å². The smallest absolute Gasteiger partial charge is 0.256 e. The Morgan fingerprint density at radius 2 is 1.77 bits per heavy atom. The molecule has 8 nitrogen and oxygen atoms in total. The number of hydrogen-bond donors (Lipinski definition) is 1. The Morgan fingerprint density at radius 1 is 0.971 bits per heavy atom. The van der Waals surface area contributed by atoms with Crippen LogP contribution in [0.1, 0.15) is 58.4 Å². The summed E-state index contributed by atoms with van der Waals surface area (Å²) in [6, 6.07) is 14.1. The molecule has 182 valence electrons. The monoisotopic (exact) mass is 474 g/mol. The first-order valence-corrected chi connectivity index (χ1v) is 12.4. The minimum Gasteiger partial charge on any atom is -0.352 e. The van der Waals surface area contributed by atoms with Gasteiger partial charge in [0.15, 0.2) is 0 Å². The Bertz CT molecular complexity index is 1150. The summed E-state index contributed by atoms with van der Waals surface area (Å²) >= 11 is 0. The predicted molar refractivity (Wildman–Crippen MR) is 131 cm³/mol. The number of carbonyl (C=O) groups excluding carboxylic acids is 4. The van der Waals surface area contributed by atoms with E-state index in [9.17, 15) is 19.2 Å². The maximum atomic E-state index is 13.4. The third kappa shape index (κ3) is 4.65. The van der Waals surface area contributed by atoms with Gasteiger partial charge in [0.1, 0.15) is 6.04 Å². The van der Waals surface area contributed by atoms with Gasteiger partial charge in [0.2, 0.25) is 11.8 Å². The van der Waals surface area contributed by atoms with Crippen LogP contribution in [0.4, 0.5) is 5.69 Å². The van der Waals surface area contributed by atoms with Crippen molar-refractivity contribution >= 4 is 29.3 Å². The van der Waals surface area contributed by atoms with E-state index in [1.54, 1.807) is 28.0 Å². The maximum absolute atomic E-state index is 13.4. The van der Waals surface area contributed by atoms with Gasteiger partial charge in [-0.15, -0.1) is 0 Å². The molecule has 2 saturated heterocycles. The standard InChI is InChI=1S/C27H30N4O4/c32-24-9-4-15-29(24)16-5-14-28-25(33)20-12-10-19(11-13-20)18-31-22-7-2-1-6-21(22)26(34)30-17-3-8-23(30)27(31)35/h1-2,6-7,10-13,23H,3-5,8-9,14-18H2,(H,28,33). The second kappa shape index (κ2) is 9.90. The van der Waals surface area contributed by atoms with Gasteiger partial charge in [-0.25, -0.2) is 0 Å². The van der Waals surface area contributed by atoms with Crippen LogP contribution < -0.4 is 10.2 Å². The summed E-state index contributed by atoms with van der Waals surface area (Å²) in [4.78, 5) is 55.9. The van der Waals surface area contributed by atoms with E-state index < -0.39 is 6.04 Å². The number of fused-ring (bicyclic) bond motifs is 2. The van der Waals surface area contributed by atoms with Gasteiger partial charge in [-0.05, 0) is 55.5 Å². The highest BCUT2D eigenvalue weighted by molar-refractivity contribution is 6.11. The molecule has 0 aromatic heterocycles. The molecular weight excluding hydrogens is 444 g/mol. The molecule has 0 spiro atoms. The Balaban J connectivity index is 1.23. The van der Waals surface area contributed by atoms with E-state index >= 15 is 0 Å². The van der Waals surface area contributed by atoms with Gasteiger partial charge in [0.05, 0.1) is 17.8 Å². The van der Waals surface area contributed by atoms with Crippen molar-refractivity contribution in [3.8, 4) is 0 Å². The summed E-state index contributed by atoms with van der Waals surface area (Å²) in [5, 5.41) is 2.91. The normalized spacial score (nSPS) is 19.6. The number of anilines is 1. The average Bonchev–Trinajstić information content (AvgIpc) is 3.52. The molecule has 3 aliphatic heterocycles. The number of rotatable bonds is 7. The van der Waals surface area contributed by atoms with Gasteiger partial charge in [0.25, 0.3) is 11.8 Å². The van der Waals surface area contributed by atoms with Gasteiger partial charge < -0.3 is 20.0 Å². The van der Waals surface area contributed by atoms with E-state index in [0.29, 0.717) is 55.8 Å². The average molecular weight is 475 g/mol. The van der Waals surface area contributed by atoms with Crippen LogP contribution in [0.2, 0.25) is 0 Å². The van der Waals surface area contributed by atoms with Crippen molar-refractivity contribution in [1.82, 2.24) is 15.1 Å². The van der Waals surface area contributed by atoms with Crippen LogP contribution in [0.25, 0.3) is 0 Å². The number of amides is 4. The predicted octanol–water partition coefficient (Wildman–Crippen LogP) is 2.58. The molecule has 0 bridgehead atoms. The van der Waals surface area contributed by atoms with Gasteiger partial charge in [-0.3, -0.25) is 19.2 Å². The summed E-state index contributed by atoms with van der Waals surface area (Å²) < 4.78 is 0. The lowest BCUT2D eigenvalue weighted by Crippen LogP contribution is -2.44. The fourth-order valence-electron chi connectivity index (χ4n) is 5.23. The molecule has 3 heterocycles. The van der Waals surface area contributed by atoms with Gasteiger partial charge >= 0.3 is 0 Å². The SMILES string of the molecule is O=C(NCCCN1CCCC1=O)c1ccc(CN2C(=O)C3CCCN3C(=O)c3ccccc32)cc1. The highest BCUT2D eigenvalue weighted by Crippen LogP contribution is 2.33. The number of nitrogens with zero attached hydrogens (tertiary/aromatic N) is 3. The number of para-hydroxylation sites is 1. The molecule has 35 heavy (non-hydrogen) atoms. The van der Waals surface area contributed by atoms with E-state index in [1.165, 1.54) is 0 Å². The molecule has 1 unspecified atom stereocenters. The second-order valence-corrected chi connectivity index (χ2v) is 9.39. The summed E-state index contributed by atoms with van der Waals surface area (Å²) in [6.07, 6.45) is 3.78.